The summed E-state index contributed by atoms with van der Waals surface area (Å²) < 4.78 is 275. The minimum atomic E-state index is -4.19. The van der Waals surface area contributed by atoms with Crippen molar-refractivity contribution in [1.29, 1.82) is 0 Å². The number of methoxy groups -OCH3 is 19. The highest BCUT2D eigenvalue weighted by Gasteiger charge is 2.62. The van der Waals surface area contributed by atoms with Crippen LogP contribution in [0, 0.1) is 0 Å². The van der Waals surface area contributed by atoms with Crippen LogP contribution in [-0.4, -0.2) is 426 Å². The highest BCUT2D eigenvalue weighted by atomic mass is 32.2. The Morgan fingerprint density at radius 2 is 0.317 bits per heavy atom. The smallest absolute Gasteiger partial charge is 0.264 e. The molecule has 0 spiro atoms. The van der Waals surface area contributed by atoms with Crippen molar-refractivity contribution in [3.63, 3.8) is 0 Å². The van der Waals surface area contributed by atoms with Crippen LogP contribution >= 0.6 is 0 Å². The van der Waals surface area contributed by atoms with E-state index in [0.717, 1.165) is 12.5 Å². The zero-order chi connectivity index (χ0) is 75.9. The van der Waals surface area contributed by atoms with E-state index in [9.17, 15) is 16.8 Å². The average Bonchev–Trinajstić information content (AvgIpc) is 0.767. The van der Waals surface area contributed by atoms with Gasteiger partial charge in [0.15, 0.2) is 44.0 Å². The number of rotatable bonds is 30. The van der Waals surface area contributed by atoms with Gasteiger partial charge < -0.3 is 156 Å². The third kappa shape index (κ3) is 20.3. The standard InChI is InChI=1S/C63H112O39S2/c1-68-22-29-36-43(73-6)51(81-14)58(90-29)98-38-31(24-70-3)92-60(53(83-16)45(38)75-8)101-41-34(27-87-103(20,64)65)95-63(56(86-19)48(41)78-11)100-40-33(26-72-5)93-61(54(84-17)47(40)77-10)102-42-35(28-88-104(21,66)67)94-62(55(85-18)49(42)79-12)99-39-32(25-71-4)91-59(52(82-15)46(39)76-9)97-37-30(23-69-2)89-57(96-36)50(80-13)44(37)74-7/h29-63H,22-28H2,1-21H3/t29-,30-,31-,32-,33-,34-,35-,36-,37-,38-,39-,40-,41-,42-,43+,44+,45+,46+,47+,48+,49+,50-,51-,52-,53-,54-,55-,56-,57-,58-,59-,60-,61-,62-,63-/m1/s1. The highest BCUT2D eigenvalue weighted by molar-refractivity contribution is 7.86. The molecule has 21 heterocycles. The normalized spacial score (nSPS) is 44.4. The molecule has 21 aliphatic rings. The van der Waals surface area contributed by atoms with E-state index in [1.807, 2.05) is 0 Å². The SMILES string of the molecule is COC[C@H]1O[C@@H]2O[C@H]3[C@H](OC)[C@@H](OC)[C@@H](O[C@H]4[C@H](OC)[C@@H](OC)[C@@H](O[C@H]5[C@H](OC)[C@@H](OC)[C@@H](O[C@H]6[C@H](OC)[C@@H](OC)[C@@H](O[C@H]7[C@H](OC)[C@@H](OC)[C@@H](O[C@H]8[C@H](OC)[C@@H](OC)[C@@H](O[C@H]1[C@H](OC)[C@H]2OC)O[C@@H]8COC)O[C@@H]7COC)O[C@@H]6COS(C)(=O)=O)O[C@@H]5COC)O[C@@H]4COS(C)(=O)=O)O[C@@H]3COC. The maximum absolute atomic E-state index is 13.0. The van der Waals surface area contributed by atoms with Gasteiger partial charge in [0.2, 0.25) is 0 Å². The molecule has 35 atom stereocenters. The van der Waals surface area contributed by atoms with Crippen molar-refractivity contribution in [1.82, 2.24) is 0 Å². The predicted molar refractivity (Wildman–Crippen MR) is 347 cm³/mol. The van der Waals surface area contributed by atoms with Crippen molar-refractivity contribution in [3.8, 4) is 0 Å². The van der Waals surface area contributed by atoms with Crippen LogP contribution in [0.25, 0.3) is 0 Å². The summed E-state index contributed by atoms with van der Waals surface area (Å²) in [5, 5.41) is 0. The molecule has 14 bridgehead atoms. The van der Waals surface area contributed by atoms with Gasteiger partial charge in [-0.1, -0.05) is 0 Å². The molecule has 610 valence electrons. The molecule has 21 rings (SSSR count). The lowest BCUT2D eigenvalue weighted by Gasteiger charge is -2.52. The van der Waals surface area contributed by atoms with E-state index < -0.39 is 248 Å². The first-order chi connectivity index (χ1) is 50.0. The van der Waals surface area contributed by atoms with E-state index in [1.165, 1.54) is 135 Å². The average molecular weight is 1560 g/mol. The van der Waals surface area contributed by atoms with Gasteiger partial charge in [0.05, 0.1) is 58.8 Å². The van der Waals surface area contributed by atoms with Gasteiger partial charge in [-0.25, -0.2) is 0 Å². The second kappa shape index (κ2) is 41.3. The van der Waals surface area contributed by atoms with E-state index >= 15 is 0 Å². The van der Waals surface area contributed by atoms with Gasteiger partial charge in [-0.15, -0.1) is 0 Å². The topological polar surface area (TPSA) is 391 Å². The van der Waals surface area contributed by atoms with E-state index in [1.54, 1.807) is 0 Å². The Labute approximate surface area is 608 Å². The Kier molecular flexibility index (Phi) is 35.0. The maximum Gasteiger partial charge on any atom is 0.264 e. The molecule has 21 saturated heterocycles. The van der Waals surface area contributed by atoms with Crippen LogP contribution in [0.4, 0.5) is 0 Å². The molecule has 21 fully saturated rings. The number of hydrogen-bond acceptors (Lipinski definition) is 39. The minimum Gasteiger partial charge on any atom is -0.382 e. The molecule has 39 nitrogen and oxygen atoms in total. The fraction of sp³-hybridized carbons (Fsp3) is 1.00. The molecule has 0 radical (unpaired) electrons. The van der Waals surface area contributed by atoms with Crippen LogP contribution in [0.15, 0.2) is 0 Å². The van der Waals surface area contributed by atoms with Gasteiger partial charge in [0, 0.05) is 135 Å². The first-order valence-corrected chi connectivity index (χ1v) is 37.3. The first kappa shape index (κ1) is 88.1. The first-order valence-electron chi connectivity index (χ1n) is 33.7. The van der Waals surface area contributed by atoms with Crippen LogP contribution in [0.2, 0.25) is 0 Å². The van der Waals surface area contributed by atoms with E-state index in [4.69, 9.17) is 165 Å². The van der Waals surface area contributed by atoms with Gasteiger partial charge in [0.1, 0.15) is 171 Å². The van der Waals surface area contributed by atoms with Gasteiger partial charge in [-0.2, -0.15) is 16.8 Å². The lowest BCUT2D eigenvalue weighted by molar-refractivity contribution is -0.402. The summed E-state index contributed by atoms with van der Waals surface area (Å²) in [6, 6.07) is 0. The second-order valence-corrected chi connectivity index (χ2v) is 28.9. The maximum atomic E-state index is 13.0. The summed E-state index contributed by atoms with van der Waals surface area (Å²) in [5.74, 6) is 0. The van der Waals surface area contributed by atoms with E-state index in [-0.39, 0.29) is 33.0 Å². The van der Waals surface area contributed by atoms with Crippen LogP contribution in [0.1, 0.15) is 0 Å². The quantitative estimate of drug-likeness (QED) is 0.0654. The zero-order valence-electron chi connectivity index (χ0n) is 62.9. The van der Waals surface area contributed by atoms with Crippen molar-refractivity contribution in [2.24, 2.45) is 0 Å². The summed E-state index contributed by atoms with van der Waals surface area (Å²) >= 11 is 0. The molecule has 0 aromatic heterocycles. The summed E-state index contributed by atoms with van der Waals surface area (Å²) in [5.41, 5.74) is 0. The monoisotopic (exact) mass is 1560 g/mol. The predicted octanol–water partition coefficient (Wildman–Crippen LogP) is -2.83. The van der Waals surface area contributed by atoms with Gasteiger partial charge in [0.25, 0.3) is 20.2 Å². The zero-order valence-corrected chi connectivity index (χ0v) is 64.5. The highest BCUT2D eigenvalue weighted by Crippen LogP contribution is 2.43. The molecule has 0 saturated carbocycles. The van der Waals surface area contributed by atoms with Gasteiger partial charge in [-0.3, -0.25) is 8.37 Å². The van der Waals surface area contributed by atoms with Gasteiger partial charge in [-0.05, 0) is 0 Å². The Hall–Kier alpha value is -1.50. The molecule has 0 aromatic rings. The van der Waals surface area contributed by atoms with E-state index in [2.05, 4.69) is 0 Å². The molecular weight excluding hydrogens is 1440 g/mol. The van der Waals surface area contributed by atoms with E-state index in [0.29, 0.717) is 0 Å². The van der Waals surface area contributed by atoms with Crippen molar-refractivity contribution in [3.05, 3.63) is 0 Å². The van der Waals surface area contributed by atoms with Crippen LogP contribution in [0.3, 0.4) is 0 Å². The summed E-state index contributed by atoms with van der Waals surface area (Å²) in [6.45, 7) is -2.05. The fourth-order valence-electron chi connectivity index (χ4n) is 14.9. The van der Waals surface area contributed by atoms with Crippen molar-refractivity contribution >= 4 is 20.2 Å². The van der Waals surface area contributed by atoms with Crippen molar-refractivity contribution < 1.29 is 182 Å². The molecule has 0 amide bonds. The Balaban J connectivity index is 1.27. The Morgan fingerprint density at radius 1 is 0.192 bits per heavy atom. The Morgan fingerprint density at radius 3 is 0.423 bits per heavy atom. The molecular formula is C63H112O39S2. The van der Waals surface area contributed by atoms with Crippen LogP contribution in [0.5, 0.6) is 0 Å². The third-order valence-corrected chi connectivity index (χ3v) is 20.7. The molecule has 0 aromatic carbocycles. The molecule has 0 unspecified atom stereocenters. The molecule has 104 heavy (non-hydrogen) atoms. The van der Waals surface area contributed by atoms with Crippen molar-refractivity contribution in [2.75, 3.05) is 194 Å². The molecule has 0 aliphatic carbocycles. The second-order valence-electron chi connectivity index (χ2n) is 25.6. The summed E-state index contributed by atoms with van der Waals surface area (Å²) in [7, 11) is 18.7. The van der Waals surface area contributed by atoms with Crippen LogP contribution in [-0.2, 0) is 185 Å². The fourth-order valence-corrected chi connectivity index (χ4v) is 15.7. The number of hydrogen-bond donors (Lipinski definition) is 0. The largest absolute Gasteiger partial charge is 0.382 e. The summed E-state index contributed by atoms with van der Waals surface area (Å²) in [4.78, 5) is 0. The van der Waals surface area contributed by atoms with Crippen LogP contribution < -0.4 is 0 Å². The Bertz CT molecular complexity index is 2660. The summed E-state index contributed by atoms with van der Waals surface area (Å²) in [6.07, 6.45) is -40.5. The van der Waals surface area contributed by atoms with Gasteiger partial charge >= 0.3 is 0 Å². The lowest BCUT2D eigenvalue weighted by Crippen LogP contribution is -2.69. The van der Waals surface area contributed by atoms with Crippen molar-refractivity contribution in [2.45, 2.75) is 215 Å². The molecule has 41 heteroatoms. The number of ether oxygens (including phenoxy) is 33. The third-order valence-electron chi connectivity index (χ3n) is 19.5. The minimum absolute atomic E-state index is 0.102. The molecule has 0 N–H and O–H groups in total. The lowest BCUT2D eigenvalue weighted by atomic mass is 9.94. The molecule has 21 aliphatic heterocycles.